The molecule has 6 nitrogen and oxygen atoms in total. The SMILES string of the molecule is CCn1c([C@@H]2CCCO2)nnc1N1CCCC(C)(OC)CC1. The molecule has 0 amide bonds. The fourth-order valence-electron chi connectivity index (χ4n) is 3.52. The van der Waals surface area contributed by atoms with Gasteiger partial charge in [0, 0.05) is 33.4 Å². The molecule has 22 heavy (non-hydrogen) atoms. The minimum Gasteiger partial charge on any atom is -0.378 e. The molecule has 0 saturated carbocycles. The number of ether oxygens (including phenoxy) is 2. The first-order valence-corrected chi connectivity index (χ1v) is 8.51. The Morgan fingerprint density at radius 1 is 1.27 bits per heavy atom. The van der Waals surface area contributed by atoms with Gasteiger partial charge in [-0.3, -0.25) is 4.57 Å². The second-order valence-electron chi connectivity index (χ2n) is 6.60. The molecule has 6 heteroatoms. The fourth-order valence-corrected chi connectivity index (χ4v) is 3.52. The standard InChI is InChI=1S/C16H28N4O2/c1-4-20-14(13-7-5-12-22-13)17-18-15(20)19-10-6-8-16(2,21-3)9-11-19/h13H,4-12H2,1-3H3/t13-,16?/m0/s1. The highest BCUT2D eigenvalue weighted by Crippen LogP contribution is 2.31. The third-order valence-corrected chi connectivity index (χ3v) is 5.11. The van der Waals surface area contributed by atoms with E-state index in [2.05, 4.69) is 33.5 Å². The minimum absolute atomic E-state index is 0.0107. The van der Waals surface area contributed by atoms with Crippen molar-refractivity contribution < 1.29 is 9.47 Å². The first-order valence-electron chi connectivity index (χ1n) is 8.51. The summed E-state index contributed by atoms with van der Waals surface area (Å²) < 4.78 is 13.7. The summed E-state index contributed by atoms with van der Waals surface area (Å²) in [7, 11) is 1.82. The first-order chi connectivity index (χ1) is 10.7. The van der Waals surface area contributed by atoms with Crippen molar-refractivity contribution in [3.05, 3.63) is 5.82 Å². The van der Waals surface area contributed by atoms with Crippen LogP contribution in [0.4, 0.5) is 5.95 Å². The van der Waals surface area contributed by atoms with Crippen molar-refractivity contribution in [3.63, 3.8) is 0 Å². The van der Waals surface area contributed by atoms with E-state index in [1.165, 1.54) is 0 Å². The molecule has 3 rings (SSSR count). The summed E-state index contributed by atoms with van der Waals surface area (Å²) in [6, 6.07) is 0. The fraction of sp³-hybridized carbons (Fsp3) is 0.875. The van der Waals surface area contributed by atoms with E-state index in [-0.39, 0.29) is 11.7 Å². The van der Waals surface area contributed by atoms with Crippen molar-refractivity contribution in [1.29, 1.82) is 0 Å². The van der Waals surface area contributed by atoms with Gasteiger partial charge < -0.3 is 14.4 Å². The lowest BCUT2D eigenvalue weighted by Gasteiger charge is -2.27. The van der Waals surface area contributed by atoms with Gasteiger partial charge in [-0.1, -0.05) is 0 Å². The summed E-state index contributed by atoms with van der Waals surface area (Å²) in [6.45, 7) is 8.07. The summed E-state index contributed by atoms with van der Waals surface area (Å²) >= 11 is 0. The van der Waals surface area contributed by atoms with Crippen LogP contribution in [-0.4, -0.2) is 47.2 Å². The molecule has 2 atom stereocenters. The van der Waals surface area contributed by atoms with E-state index in [1.54, 1.807) is 0 Å². The van der Waals surface area contributed by atoms with Crippen LogP contribution in [0.25, 0.3) is 0 Å². The Labute approximate surface area is 132 Å². The molecule has 1 aromatic rings. The van der Waals surface area contributed by atoms with Crippen LogP contribution in [0, 0.1) is 0 Å². The van der Waals surface area contributed by atoms with Gasteiger partial charge in [-0.2, -0.15) is 0 Å². The van der Waals surface area contributed by atoms with Crippen LogP contribution in [-0.2, 0) is 16.0 Å². The van der Waals surface area contributed by atoms with Crippen molar-refractivity contribution in [2.75, 3.05) is 31.7 Å². The predicted octanol–water partition coefficient (Wildman–Crippen LogP) is 2.54. The van der Waals surface area contributed by atoms with Crippen molar-refractivity contribution in [3.8, 4) is 0 Å². The maximum Gasteiger partial charge on any atom is 0.227 e. The van der Waals surface area contributed by atoms with Gasteiger partial charge in [-0.25, -0.2) is 0 Å². The first kappa shape index (κ1) is 15.7. The smallest absolute Gasteiger partial charge is 0.227 e. The number of hydrogen-bond donors (Lipinski definition) is 0. The Kier molecular flexibility index (Phi) is 4.68. The third-order valence-electron chi connectivity index (χ3n) is 5.11. The Morgan fingerprint density at radius 2 is 2.14 bits per heavy atom. The summed E-state index contributed by atoms with van der Waals surface area (Å²) in [6.07, 6.45) is 5.54. The lowest BCUT2D eigenvalue weighted by Crippen LogP contribution is -2.31. The summed E-state index contributed by atoms with van der Waals surface area (Å²) in [5.41, 5.74) is -0.0107. The molecule has 2 saturated heterocycles. The van der Waals surface area contributed by atoms with E-state index in [4.69, 9.17) is 9.47 Å². The zero-order valence-electron chi connectivity index (χ0n) is 14.0. The number of rotatable bonds is 4. The van der Waals surface area contributed by atoms with Gasteiger partial charge >= 0.3 is 0 Å². The number of aromatic nitrogens is 3. The monoisotopic (exact) mass is 308 g/mol. The molecule has 2 aliphatic heterocycles. The zero-order chi connectivity index (χ0) is 15.6. The van der Waals surface area contributed by atoms with Crippen LogP contribution < -0.4 is 4.90 Å². The van der Waals surface area contributed by atoms with Gasteiger partial charge in [0.25, 0.3) is 0 Å². The maximum absolute atomic E-state index is 5.80. The molecular formula is C16H28N4O2. The molecule has 0 aliphatic carbocycles. The highest BCUT2D eigenvalue weighted by Gasteiger charge is 2.31. The molecule has 0 N–H and O–H groups in total. The molecule has 1 aromatic heterocycles. The number of anilines is 1. The topological polar surface area (TPSA) is 52.4 Å². The average Bonchev–Trinajstić information content (AvgIpc) is 3.15. The van der Waals surface area contributed by atoms with Crippen molar-refractivity contribution in [1.82, 2.24) is 14.8 Å². The molecule has 0 aromatic carbocycles. The Morgan fingerprint density at radius 3 is 2.82 bits per heavy atom. The molecule has 0 bridgehead atoms. The molecule has 2 fully saturated rings. The van der Waals surface area contributed by atoms with Crippen LogP contribution in [0.2, 0.25) is 0 Å². The largest absolute Gasteiger partial charge is 0.378 e. The summed E-state index contributed by atoms with van der Waals surface area (Å²) in [5.74, 6) is 1.99. The Balaban J connectivity index is 1.79. The van der Waals surface area contributed by atoms with Gasteiger partial charge in [0.05, 0.1) is 5.60 Å². The van der Waals surface area contributed by atoms with Crippen molar-refractivity contribution in [2.24, 2.45) is 0 Å². The number of nitrogens with zero attached hydrogens (tertiary/aromatic N) is 4. The highest BCUT2D eigenvalue weighted by molar-refractivity contribution is 5.32. The highest BCUT2D eigenvalue weighted by atomic mass is 16.5. The summed E-state index contributed by atoms with van der Waals surface area (Å²) in [5, 5.41) is 8.93. The number of hydrogen-bond acceptors (Lipinski definition) is 5. The van der Waals surface area contributed by atoms with E-state index < -0.39 is 0 Å². The van der Waals surface area contributed by atoms with E-state index in [0.29, 0.717) is 0 Å². The molecule has 2 aliphatic rings. The summed E-state index contributed by atoms with van der Waals surface area (Å²) in [4.78, 5) is 2.36. The second kappa shape index (κ2) is 6.54. The Bertz CT molecular complexity index is 498. The van der Waals surface area contributed by atoms with Crippen LogP contribution in [0.5, 0.6) is 0 Å². The molecule has 3 heterocycles. The van der Waals surface area contributed by atoms with Gasteiger partial charge in [0.2, 0.25) is 5.95 Å². The zero-order valence-corrected chi connectivity index (χ0v) is 14.0. The molecule has 0 radical (unpaired) electrons. The van der Waals surface area contributed by atoms with Crippen molar-refractivity contribution in [2.45, 2.75) is 64.2 Å². The molecule has 0 spiro atoms. The van der Waals surface area contributed by atoms with Gasteiger partial charge in [0.1, 0.15) is 6.10 Å². The lowest BCUT2D eigenvalue weighted by molar-refractivity contribution is -0.00331. The normalized spacial score (nSPS) is 29.8. The number of methoxy groups -OCH3 is 1. The van der Waals surface area contributed by atoms with Crippen molar-refractivity contribution >= 4 is 5.95 Å². The van der Waals surface area contributed by atoms with Gasteiger partial charge in [-0.15, -0.1) is 10.2 Å². The minimum atomic E-state index is -0.0107. The third kappa shape index (κ3) is 2.99. The van der Waals surface area contributed by atoms with Gasteiger partial charge in [-0.05, 0) is 46.0 Å². The van der Waals surface area contributed by atoms with Crippen LogP contribution in [0.3, 0.4) is 0 Å². The van der Waals surface area contributed by atoms with Crippen LogP contribution >= 0.6 is 0 Å². The van der Waals surface area contributed by atoms with E-state index >= 15 is 0 Å². The van der Waals surface area contributed by atoms with E-state index in [9.17, 15) is 0 Å². The van der Waals surface area contributed by atoms with E-state index in [0.717, 1.165) is 70.1 Å². The maximum atomic E-state index is 5.80. The molecule has 124 valence electrons. The molecular weight excluding hydrogens is 280 g/mol. The lowest BCUT2D eigenvalue weighted by atomic mass is 9.97. The van der Waals surface area contributed by atoms with E-state index in [1.807, 2.05) is 7.11 Å². The molecule has 1 unspecified atom stereocenters. The quantitative estimate of drug-likeness (QED) is 0.855. The Hall–Kier alpha value is -1.14. The van der Waals surface area contributed by atoms with Crippen LogP contribution in [0.1, 0.15) is 57.9 Å². The average molecular weight is 308 g/mol. The second-order valence-corrected chi connectivity index (χ2v) is 6.60. The predicted molar refractivity (Wildman–Crippen MR) is 85.1 cm³/mol. The van der Waals surface area contributed by atoms with Gasteiger partial charge in [0.15, 0.2) is 5.82 Å². The van der Waals surface area contributed by atoms with Crippen LogP contribution in [0.15, 0.2) is 0 Å².